The number of carbonyl (C=O) groups excluding carboxylic acids is 4. The van der Waals surface area contributed by atoms with Gasteiger partial charge in [-0.1, -0.05) is 26.8 Å². The number of hydrogen-bond acceptors (Lipinski definition) is 4. The maximum atomic E-state index is 13.1. The largest absolute Gasteiger partial charge is 0.340 e. The van der Waals surface area contributed by atoms with Crippen LogP contribution in [0, 0.1) is 12.3 Å². The number of nitrogens with zero attached hydrogens (tertiary/aromatic N) is 1. The van der Waals surface area contributed by atoms with E-state index in [2.05, 4.69) is 10.6 Å². The number of carbonyl (C=O) groups is 4. The van der Waals surface area contributed by atoms with Gasteiger partial charge >= 0.3 is 0 Å². The van der Waals surface area contributed by atoms with Crippen LogP contribution in [-0.4, -0.2) is 47.5 Å². The van der Waals surface area contributed by atoms with Crippen molar-refractivity contribution in [3.05, 3.63) is 29.3 Å². The molecule has 2 N–H and O–H groups in total. The summed E-state index contributed by atoms with van der Waals surface area (Å²) in [7, 11) is 0. The highest BCUT2D eigenvalue weighted by Crippen LogP contribution is 2.26. The predicted octanol–water partition coefficient (Wildman–Crippen LogP) is 2.29. The Morgan fingerprint density at radius 3 is 2.50 bits per heavy atom. The van der Waals surface area contributed by atoms with Gasteiger partial charge in [-0.15, -0.1) is 0 Å². The third kappa shape index (κ3) is 4.77. The van der Waals surface area contributed by atoms with E-state index in [1.165, 1.54) is 6.92 Å². The average Bonchev–Trinajstić information content (AvgIpc) is 3.08. The van der Waals surface area contributed by atoms with Crippen molar-refractivity contribution in [2.24, 2.45) is 5.41 Å². The third-order valence-electron chi connectivity index (χ3n) is 5.02. The first-order chi connectivity index (χ1) is 13.1. The van der Waals surface area contributed by atoms with Gasteiger partial charge in [0.05, 0.1) is 6.04 Å². The minimum atomic E-state index is -0.774. The quantitative estimate of drug-likeness (QED) is 0.758. The van der Waals surface area contributed by atoms with Gasteiger partial charge in [-0.05, 0) is 42.9 Å². The molecule has 1 aliphatic rings. The van der Waals surface area contributed by atoms with E-state index < -0.39 is 17.5 Å². The van der Waals surface area contributed by atoms with Gasteiger partial charge in [0.15, 0.2) is 0 Å². The molecule has 3 amide bonds. The minimum absolute atomic E-state index is 0.225. The maximum Gasteiger partial charge on any atom is 0.252 e. The lowest BCUT2D eigenvalue weighted by molar-refractivity contribution is -0.138. The van der Waals surface area contributed by atoms with Crippen molar-refractivity contribution in [3.8, 4) is 0 Å². The molecule has 0 radical (unpaired) electrons. The first kappa shape index (κ1) is 21.6. The molecule has 152 valence electrons. The first-order valence-corrected chi connectivity index (χ1v) is 9.50. The smallest absolute Gasteiger partial charge is 0.252 e. The SMILES string of the molecule is CC(=O)Nc1cccc(C(=O)N[C@H](C(=O)N2CCC[C@H]2C=O)C(C)(C)C)c1C. The van der Waals surface area contributed by atoms with Crippen LogP contribution in [0.2, 0.25) is 0 Å². The van der Waals surface area contributed by atoms with Crippen molar-refractivity contribution in [2.45, 2.75) is 59.5 Å². The van der Waals surface area contributed by atoms with Crippen molar-refractivity contribution in [1.29, 1.82) is 0 Å². The number of anilines is 1. The molecular weight excluding hydrogens is 358 g/mol. The Bertz CT molecular complexity index is 782. The van der Waals surface area contributed by atoms with Crippen molar-refractivity contribution in [3.63, 3.8) is 0 Å². The highest BCUT2D eigenvalue weighted by molar-refractivity contribution is 6.01. The molecule has 0 aromatic heterocycles. The number of nitrogens with one attached hydrogen (secondary N) is 2. The van der Waals surface area contributed by atoms with E-state index in [0.29, 0.717) is 29.8 Å². The van der Waals surface area contributed by atoms with Crippen LogP contribution in [0.3, 0.4) is 0 Å². The van der Waals surface area contributed by atoms with Crippen molar-refractivity contribution < 1.29 is 19.2 Å². The molecule has 2 atom stereocenters. The number of benzene rings is 1. The zero-order valence-electron chi connectivity index (χ0n) is 17.2. The fourth-order valence-electron chi connectivity index (χ4n) is 3.44. The summed E-state index contributed by atoms with van der Waals surface area (Å²) in [6, 6.07) is 3.86. The Hall–Kier alpha value is -2.70. The lowest BCUT2D eigenvalue weighted by Crippen LogP contribution is -2.56. The zero-order chi connectivity index (χ0) is 21.1. The molecule has 0 unspecified atom stereocenters. The van der Waals surface area contributed by atoms with Crippen LogP contribution in [0.5, 0.6) is 0 Å². The van der Waals surface area contributed by atoms with E-state index in [9.17, 15) is 19.2 Å². The second-order valence-electron chi connectivity index (χ2n) is 8.31. The van der Waals surface area contributed by atoms with E-state index in [1.54, 1.807) is 30.0 Å². The number of hydrogen-bond donors (Lipinski definition) is 2. The van der Waals surface area contributed by atoms with Gasteiger partial charge in [-0.2, -0.15) is 0 Å². The van der Waals surface area contributed by atoms with Crippen LogP contribution in [0.25, 0.3) is 0 Å². The van der Waals surface area contributed by atoms with Gasteiger partial charge in [0, 0.05) is 24.7 Å². The van der Waals surface area contributed by atoms with Gasteiger partial charge in [0.1, 0.15) is 12.3 Å². The Kier molecular flexibility index (Phi) is 6.59. The Balaban J connectivity index is 2.28. The van der Waals surface area contributed by atoms with Gasteiger partial charge in [-0.25, -0.2) is 0 Å². The van der Waals surface area contributed by atoms with Crippen molar-refractivity contribution in [2.75, 3.05) is 11.9 Å². The van der Waals surface area contributed by atoms with Crippen LogP contribution in [-0.2, 0) is 14.4 Å². The minimum Gasteiger partial charge on any atom is -0.340 e. The second-order valence-corrected chi connectivity index (χ2v) is 8.31. The fraction of sp³-hybridized carbons (Fsp3) is 0.524. The fourth-order valence-corrected chi connectivity index (χ4v) is 3.44. The summed E-state index contributed by atoms with van der Waals surface area (Å²) in [5.41, 5.74) is 1.04. The number of rotatable bonds is 5. The average molecular weight is 387 g/mol. The Labute approximate surface area is 165 Å². The van der Waals surface area contributed by atoms with Crippen molar-refractivity contribution in [1.82, 2.24) is 10.2 Å². The molecule has 28 heavy (non-hydrogen) atoms. The molecular formula is C21H29N3O4. The predicted molar refractivity (Wildman–Crippen MR) is 107 cm³/mol. The van der Waals surface area contributed by atoms with Crippen LogP contribution in [0.15, 0.2) is 18.2 Å². The van der Waals surface area contributed by atoms with Crippen LogP contribution < -0.4 is 10.6 Å². The molecule has 0 saturated carbocycles. The van der Waals surface area contributed by atoms with E-state index in [0.717, 1.165) is 12.7 Å². The van der Waals surface area contributed by atoms with E-state index in [4.69, 9.17) is 0 Å². The summed E-state index contributed by atoms with van der Waals surface area (Å²) in [5, 5.41) is 5.56. The topological polar surface area (TPSA) is 95.6 Å². The van der Waals surface area contributed by atoms with Gasteiger partial charge in [0.2, 0.25) is 11.8 Å². The highest BCUT2D eigenvalue weighted by Gasteiger charge is 2.39. The summed E-state index contributed by atoms with van der Waals surface area (Å²) >= 11 is 0. The standard InChI is InChI=1S/C21H29N3O4/c1-13-16(9-6-10-17(13)22-14(2)26)19(27)23-18(21(3,4)5)20(28)24-11-7-8-15(24)12-25/h6,9-10,12,15,18H,7-8,11H2,1-5H3,(H,22,26)(H,23,27)/t15-,18+/m0/s1. The Morgan fingerprint density at radius 2 is 1.93 bits per heavy atom. The summed E-state index contributed by atoms with van der Waals surface area (Å²) in [4.78, 5) is 50.3. The van der Waals surface area contributed by atoms with Gasteiger partial charge in [0.25, 0.3) is 5.91 Å². The monoisotopic (exact) mass is 387 g/mol. The molecule has 1 aliphatic heterocycles. The van der Waals surface area contributed by atoms with E-state index in [-0.39, 0.29) is 17.7 Å². The number of likely N-dealkylation sites (tertiary alicyclic amines) is 1. The summed E-state index contributed by atoms with van der Waals surface area (Å²) < 4.78 is 0. The summed E-state index contributed by atoms with van der Waals surface area (Å²) in [6.07, 6.45) is 2.23. The molecule has 0 bridgehead atoms. The van der Waals surface area contributed by atoms with Crippen LogP contribution in [0.1, 0.15) is 56.5 Å². The molecule has 2 rings (SSSR count). The first-order valence-electron chi connectivity index (χ1n) is 9.50. The van der Waals surface area contributed by atoms with Gasteiger partial charge < -0.3 is 20.3 Å². The van der Waals surface area contributed by atoms with E-state index in [1.807, 2.05) is 20.8 Å². The van der Waals surface area contributed by atoms with Crippen LogP contribution >= 0.6 is 0 Å². The summed E-state index contributed by atoms with van der Waals surface area (Å²) in [6.45, 7) is 9.30. The lowest BCUT2D eigenvalue weighted by atomic mass is 9.85. The molecule has 1 fully saturated rings. The molecule has 1 aromatic carbocycles. The number of amides is 3. The second kappa shape index (κ2) is 8.54. The number of aldehydes is 1. The van der Waals surface area contributed by atoms with Crippen molar-refractivity contribution >= 4 is 29.7 Å². The Morgan fingerprint density at radius 1 is 1.25 bits per heavy atom. The molecule has 1 saturated heterocycles. The molecule has 7 nitrogen and oxygen atoms in total. The molecule has 1 aromatic rings. The van der Waals surface area contributed by atoms with Gasteiger partial charge in [-0.3, -0.25) is 14.4 Å². The van der Waals surface area contributed by atoms with E-state index >= 15 is 0 Å². The maximum absolute atomic E-state index is 13.1. The normalized spacial score (nSPS) is 17.8. The molecule has 0 aliphatic carbocycles. The lowest BCUT2D eigenvalue weighted by Gasteiger charge is -2.34. The molecule has 0 spiro atoms. The zero-order valence-corrected chi connectivity index (χ0v) is 17.2. The highest BCUT2D eigenvalue weighted by atomic mass is 16.2. The van der Waals surface area contributed by atoms with Crippen LogP contribution in [0.4, 0.5) is 5.69 Å². The third-order valence-corrected chi connectivity index (χ3v) is 5.02. The summed E-state index contributed by atoms with van der Waals surface area (Å²) in [5.74, 6) is -0.858. The molecule has 1 heterocycles. The molecule has 7 heteroatoms.